The summed E-state index contributed by atoms with van der Waals surface area (Å²) in [5, 5.41) is 8.48. The first-order chi connectivity index (χ1) is 4.72. The van der Waals surface area contributed by atoms with E-state index in [1.807, 2.05) is 6.08 Å². The molecule has 0 aromatic heterocycles. The van der Waals surface area contributed by atoms with Crippen molar-refractivity contribution in [2.45, 2.75) is 25.3 Å². The summed E-state index contributed by atoms with van der Waals surface area (Å²) in [6.45, 7) is 0. The van der Waals surface area contributed by atoms with Gasteiger partial charge < -0.3 is 10.8 Å². The molecule has 0 saturated heterocycles. The van der Waals surface area contributed by atoms with Crippen LogP contribution in [0.1, 0.15) is 19.3 Å². The number of hydrogen-bond donors (Lipinski definition) is 2. The molecule has 0 saturated carbocycles. The van der Waals surface area contributed by atoms with Crippen molar-refractivity contribution < 1.29 is 9.90 Å². The number of carboxylic acids is 1. The van der Waals surface area contributed by atoms with E-state index in [-0.39, 0.29) is 0 Å². The van der Waals surface area contributed by atoms with E-state index in [1.165, 1.54) is 0 Å². The van der Waals surface area contributed by atoms with Gasteiger partial charge in [-0.3, -0.25) is 4.79 Å². The van der Waals surface area contributed by atoms with E-state index in [9.17, 15) is 4.79 Å². The molecule has 10 heavy (non-hydrogen) atoms. The fourth-order valence-electron chi connectivity index (χ4n) is 1.14. The minimum Gasteiger partial charge on any atom is -0.480 e. The molecule has 1 unspecified atom stereocenters. The second-order valence-corrected chi connectivity index (χ2v) is 2.49. The number of aliphatic carboxylic acids is 1. The third-order valence-electron chi connectivity index (χ3n) is 1.74. The summed E-state index contributed by atoms with van der Waals surface area (Å²) in [5.74, 6) is -0.923. The molecule has 1 rings (SSSR count). The highest BCUT2D eigenvalue weighted by Crippen LogP contribution is 2.19. The second kappa shape index (κ2) is 2.84. The van der Waals surface area contributed by atoms with Crippen molar-refractivity contribution in [2.75, 3.05) is 0 Å². The van der Waals surface area contributed by atoms with E-state index in [0.29, 0.717) is 0 Å². The van der Waals surface area contributed by atoms with Crippen molar-refractivity contribution in [3.8, 4) is 0 Å². The SMILES string of the molecule is NC(C(=O)O)C1=CCCC1. The standard InChI is InChI=1S/C7H11NO2/c8-6(7(9)10)5-3-1-2-4-5/h3,6H,1-2,4,8H2,(H,9,10). The fourth-order valence-corrected chi connectivity index (χ4v) is 1.14. The van der Waals surface area contributed by atoms with Crippen LogP contribution in [0.5, 0.6) is 0 Å². The Morgan fingerprint density at radius 2 is 2.50 bits per heavy atom. The minimum atomic E-state index is -0.923. The highest BCUT2D eigenvalue weighted by molar-refractivity contribution is 5.77. The van der Waals surface area contributed by atoms with Crippen LogP contribution >= 0.6 is 0 Å². The van der Waals surface area contributed by atoms with E-state index in [0.717, 1.165) is 24.8 Å². The van der Waals surface area contributed by atoms with Crippen molar-refractivity contribution >= 4 is 5.97 Å². The van der Waals surface area contributed by atoms with Gasteiger partial charge in [0.1, 0.15) is 6.04 Å². The highest BCUT2D eigenvalue weighted by Gasteiger charge is 2.18. The van der Waals surface area contributed by atoms with E-state index in [4.69, 9.17) is 10.8 Å². The highest BCUT2D eigenvalue weighted by atomic mass is 16.4. The molecule has 0 spiro atoms. The van der Waals surface area contributed by atoms with E-state index in [2.05, 4.69) is 0 Å². The second-order valence-electron chi connectivity index (χ2n) is 2.49. The average molecular weight is 141 g/mol. The molecule has 1 aliphatic rings. The summed E-state index contributed by atoms with van der Waals surface area (Å²) < 4.78 is 0. The molecular weight excluding hydrogens is 130 g/mol. The molecule has 0 bridgehead atoms. The summed E-state index contributed by atoms with van der Waals surface area (Å²) in [4.78, 5) is 10.3. The predicted octanol–water partition coefficient (Wildman–Crippen LogP) is 0.509. The molecule has 0 aromatic carbocycles. The molecule has 56 valence electrons. The molecule has 0 amide bonds. The quantitative estimate of drug-likeness (QED) is 0.551. The van der Waals surface area contributed by atoms with Crippen molar-refractivity contribution in [1.29, 1.82) is 0 Å². The zero-order valence-electron chi connectivity index (χ0n) is 5.71. The van der Waals surface area contributed by atoms with Crippen molar-refractivity contribution in [3.05, 3.63) is 11.6 Å². The number of carboxylic acid groups (broad SMARTS) is 1. The van der Waals surface area contributed by atoms with Gasteiger partial charge >= 0.3 is 5.97 Å². The predicted molar refractivity (Wildman–Crippen MR) is 37.5 cm³/mol. The maximum atomic E-state index is 10.3. The number of carbonyl (C=O) groups is 1. The Labute approximate surface area is 59.5 Å². The van der Waals surface area contributed by atoms with Crippen LogP contribution in [0.25, 0.3) is 0 Å². The lowest BCUT2D eigenvalue weighted by Crippen LogP contribution is -2.31. The summed E-state index contributed by atoms with van der Waals surface area (Å²) in [7, 11) is 0. The zero-order valence-corrected chi connectivity index (χ0v) is 5.71. The maximum absolute atomic E-state index is 10.3. The molecule has 1 aliphatic carbocycles. The molecule has 0 fully saturated rings. The van der Waals surface area contributed by atoms with Crippen LogP contribution in [-0.4, -0.2) is 17.1 Å². The summed E-state index contributed by atoms with van der Waals surface area (Å²) >= 11 is 0. The number of rotatable bonds is 2. The maximum Gasteiger partial charge on any atom is 0.324 e. The first kappa shape index (κ1) is 7.28. The summed E-state index contributed by atoms with van der Waals surface area (Å²) in [5.41, 5.74) is 6.24. The van der Waals surface area contributed by atoms with Crippen LogP contribution in [-0.2, 0) is 4.79 Å². The molecule has 0 radical (unpaired) electrons. The van der Waals surface area contributed by atoms with E-state index < -0.39 is 12.0 Å². The first-order valence-corrected chi connectivity index (χ1v) is 3.39. The largest absolute Gasteiger partial charge is 0.480 e. The Balaban J connectivity index is 2.55. The molecule has 3 heteroatoms. The van der Waals surface area contributed by atoms with Gasteiger partial charge in [-0.1, -0.05) is 6.08 Å². The fraction of sp³-hybridized carbons (Fsp3) is 0.571. The molecular formula is C7H11NO2. The Morgan fingerprint density at radius 1 is 1.80 bits per heavy atom. The molecule has 0 aromatic rings. The average Bonchev–Trinajstić information content (AvgIpc) is 2.36. The zero-order chi connectivity index (χ0) is 7.56. The van der Waals surface area contributed by atoms with Gasteiger partial charge in [0.05, 0.1) is 0 Å². The third kappa shape index (κ3) is 1.36. The summed E-state index contributed by atoms with van der Waals surface area (Å²) in [6, 6.07) is -0.762. The molecule has 3 nitrogen and oxygen atoms in total. The van der Waals surface area contributed by atoms with Crippen LogP contribution in [0.3, 0.4) is 0 Å². The number of hydrogen-bond acceptors (Lipinski definition) is 2. The van der Waals surface area contributed by atoms with Gasteiger partial charge in [-0.15, -0.1) is 0 Å². The van der Waals surface area contributed by atoms with Gasteiger partial charge in [0.15, 0.2) is 0 Å². The van der Waals surface area contributed by atoms with Crippen molar-refractivity contribution in [3.63, 3.8) is 0 Å². The van der Waals surface area contributed by atoms with Crippen molar-refractivity contribution in [1.82, 2.24) is 0 Å². The number of nitrogens with two attached hydrogens (primary N) is 1. The normalized spacial score (nSPS) is 20.3. The Morgan fingerprint density at radius 3 is 2.90 bits per heavy atom. The van der Waals surface area contributed by atoms with Gasteiger partial charge in [0.25, 0.3) is 0 Å². The van der Waals surface area contributed by atoms with E-state index in [1.54, 1.807) is 0 Å². The molecule has 1 atom stereocenters. The lowest BCUT2D eigenvalue weighted by atomic mass is 10.1. The first-order valence-electron chi connectivity index (χ1n) is 3.39. The Bertz CT molecular complexity index is 174. The Hall–Kier alpha value is -0.830. The smallest absolute Gasteiger partial charge is 0.324 e. The molecule has 0 heterocycles. The van der Waals surface area contributed by atoms with Gasteiger partial charge in [-0.2, -0.15) is 0 Å². The van der Waals surface area contributed by atoms with Crippen LogP contribution < -0.4 is 5.73 Å². The number of allylic oxidation sites excluding steroid dienone is 1. The topological polar surface area (TPSA) is 63.3 Å². The van der Waals surface area contributed by atoms with Gasteiger partial charge in [-0.05, 0) is 24.8 Å². The van der Waals surface area contributed by atoms with Crippen molar-refractivity contribution in [2.24, 2.45) is 5.73 Å². The van der Waals surface area contributed by atoms with Crippen LogP contribution in [0, 0.1) is 0 Å². The van der Waals surface area contributed by atoms with Gasteiger partial charge in [0.2, 0.25) is 0 Å². The molecule has 3 N–H and O–H groups in total. The Kier molecular flexibility index (Phi) is 2.06. The summed E-state index contributed by atoms with van der Waals surface area (Å²) in [6.07, 6.45) is 4.82. The van der Waals surface area contributed by atoms with Crippen LogP contribution in [0.4, 0.5) is 0 Å². The van der Waals surface area contributed by atoms with E-state index >= 15 is 0 Å². The lowest BCUT2D eigenvalue weighted by Gasteiger charge is -2.05. The lowest BCUT2D eigenvalue weighted by molar-refractivity contribution is -0.137. The molecule has 0 aliphatic heterocycles. The van der Waals surface area contributed by atoms with Gasteiger partial charge in [-0.25, -0.2) is 0 Å². The third-order valence-corrected chi connectivity index (χ3v) is 1.74. The van der Waals surface area contributed by atoms with Crippen LogP contribution in [0.2, 0.25) is 0 Å². The van der Waals surface area contributed by atoms with Gasteiger partial charge in [0, 0.05) is 0 Å². The van der Waals surface area contributed by atoms with Crippen LogP contribution in [0.15, 0.2) is 11.6 Å². The monoisotopic (exact) mass is 141 g/mol. The minimum absolute atomic E-state index is 0.762.